The Morgan fingerprint density at radius 3 is 2.10 bits per heavy atom. The van der Waals surface area contributed by atoms with Crippen LogP contribution in [0.2, 0.25) is 0 Å². The second-order valence-electron chi connectivity index (χ2n) is 9.20. The molecule has 14 nitrogen and oxygen atoms in total. The standard InChI is InChI=1S/C25H26O14/c26-10-3-1-9(2-4-10)14-5-11(27)17-15(37-14)6-16(20(32)21(17)33)38-25-23(19(31)13(29)8-36-25)39-24-22(34)18(30)12(28)7-35-24/h1-6,12-13,18-19,22-26,28-34H,7-8H2. The largest absolute Gasteiger partial charge is 0.508 e. The van der Waals surface area contributed by atoms with Gasteiger partial charge in [-0.15, -0.1) is 0 Å². The highest BCUT2D eigenvalue weighted by atomic mass is 16.7. The minimum absolute atomic E-state index is 0.00599. The van der Waals surface area contributed by atoms with Crippen LogP contribution in [0.1, 0.15) is 0 Å². The van der Waals surface area contributed by atoms with Crippen LogP contribution in [-0.2, 0) is 14.2 Å². The van der Waals surface area contributed by atoms with Crippen LogP contribution in [0.3, 0.4) is 0 Å². The van der Waals surface area contributed by atoms with Crippen molar-refractivity contribution < 1.29 is 64.2 Å². The number of aliphatic hydroxyl groups is 5. The Labute approximate surface area is 219 Å². The van der Waals surface area contributed by atoms with Gasteiger partial charge in [0.2, 0.25) is 12.0 Å². The normalized spacial score (nSPS) is 31.3. The number of aliphatic hydroxyl groups excluding tert-OH is 5. The number of hydrogen-bond donors (Lipinski definition) is 8. The molecule has 1 aromatic heterocycles. The summed E-state index contributed by atoms with van der Waals surface area (Å²) < 4.78 is 27.6. The topological polar surface area (TPSA) is 229 Å². The van der Waals surface area contributed by atoms with E-state index < -0.39 is 85.1 Å². The summed E-state index contributed by atoms with van der Waals surface area (Å²) in [6.07, 6.45) is -12.5. The van der Waals surface area contributed by atoms with E-state index in [0.717, 1.165) is 12.1 Å². The number of phenolic OH excluding ortho intramolecular Hbond substituents is 3. The molecule has 0 bridgehead atoms. The Hall–Kier alpha value is -3.47. The molecule has 0 amide bonds. The number of benzene rings is 2. The van der Waals surface area contributed by atoms with Gasteiger partial charge in [0.1, 0.15) is 53.0 Å². The first-order chi connectivity index (χ1) is 18.5. The minimum atomic E-state index is -1.73. The van der Waals surface area contributed by atoms with Gasteiger partial charge in [0.15, 0.2) is 29.3 Å². The summed E-state index contributed by atoms with van der Waals surface area (Å²) in [5, 5.41) is 80.8. The fourth-order valence-corrected chi connectivity index (χ4v) is 4.32. The molecule has 14 heteroatoms. The van der Waals surface area contributed by atoms with Crippen molar-refractivity contribution in [3.05, 3.63) is 46.6 Å². The first kappa shape index (κ1) is 27.1. The molecule has 2 aliphatic rings. The lowest BCUT2D eigenvalue weighted by Crippen LogP contribution is -2.61. The van der Waals surface area contributed by atoms with Gasteiger partial charge in [-0.3, -0.25) is 4.79 Å². The lowest BCUT2D eigenvalue weighted by atomic mass is 10.0. The highest BCUT2D eigenvalue weighted by Crippen LogP contribution is 2.42. The quantitative estimate of drug-likeness (QED) is 0.176. The molecule has 39 heavy (non-hydrogen) atoms. The molecule has 0 aliphatic carbocycles. The van der Waals surface area contributed by atoms with Crippen molar-refractivity contribution in [3.63, 3.8) is 0 Å². The molecule has 0 spiro atoms. The maximum Gasteiger partial charge on any atom is 0.229 e. The van der Waals surface area contributed by atoms with Crippen LogP contribution in [-0.4, -0.2) is 103 Å². The van der Waals surface area contributed by atoms with Crippen LogP contribution >= 0.6 is 0 Å². The van der Waals surface area contributed by atoms with Gasteiger partial charge in [-0.1, -0.05) is 0 Å². The summed E-state index contributed by atoms with van der Waals surface area (Å²) in [5.41, 5.74) is -0.439. The first-order valence-electron chi connectivity index (χ1n) is 11.8. The maximum atomic E-state index is 12.7. The van der Waals surface area contributed by atoms with E-state index in [1.54, 1.807) is 0 Å². The molecule has 8 N–H and O–H groups in total. The summed E-state index contributed by atoms with van der Waals surface area (Å²) in [4.78, 5) is 12.7. The molecule has 2 fully saturated rings. The molecular weight excluding hydrogens is 524 g/mol. The van der Waals surface area contributed by atoms with Crippen LogP contribution in [0.4, 0.5) is 0 Å². The third-order valence-electron chi connectivity index (χ3n) is 6.50. The smallest absolute Gasteiger partial charge is 0.229 e. The Bertz CT molecular complexity index is 1390. The van der Waals surface area contributed by atoms with E-state index in [2.05, 4.69) is 0 Å². The minimum Gasteiger partial charge on any atom is -0.508 e. The molecule has 0 saturated carbocycles. The monoisotopic (exact) mass is 550 g/mol. The van der Waals surface area contributed by atoms with Crippen LogP contribution in [0.15, 0.2) is 45.6 Å². The predicted molar refractivity (Wildman–Crippen MR) is 128 cm³/mol. The first-order valence-corrected chi connectivity index (χ1v) is 11.8. The zero-order valence-corrected chi connectivity index (χ0v) is 20.0. The zero-order valence-electron chi connectivity index (χ0n) is 20.0. The van der Waals surface area contributed by atoms with E-state index in [-0.39, 0.29) is 22.5 Å². The summed E-state index contributed by atoms with van der Waals surface area (Å²) in [5.74, 6) is -2.09. The SMILES string of the molecule is O=c1cc(-c2ccc(O)cc2)oc2cc(OC3OCC(O)C(O)C3OC3OCC(O)C(O)C3O)c(O)c(O)c12. The molecular formula is C25H26O14. The lowest BCUT2D eigenvalue weighted by Gasteiger charge is -2.42. The van der Waals surface area contributed by atoms with Crippen LogP contribution < -0.4 is 10.2 Å². The molecule has 210 valence electrons. The van der Waals surface area contributed by atoms with Gasteiger partial charge in [-0.05, 0) is 24.3 Å². The van der Waals surface area contributed by atoms with E-state index >= 15 is 0 Å². The molecule has 3 heterocycles. The summed E-state index contributed by atoms with van der Waals surface area (Å²) >= 11 is 0. The van der Waals surface area contributed by atoms with Gasteiger partial charge in [0.05, 0.1) is 13.2 Å². The van der Waals surface area contributed by atoms with Crippen LogP contribution in [0.5, 0.6) is 23.0 Å². The van der Waals surface area contributed by atoms with E-state index in [9.17, 15) is 45.6 Å². The molecule has 2 aromatic carbocycles. The van der Waals surface area contributed by atoms with Crippen LogP contribution in [0.25, 0.3) is 22.3 Å². The Kier molecular flexibility index (Phi) is 7.37. The van der Waals surface area contributed by atoms with E-state index in [0.29, 0.717) is 5.56 Å². The molecule has 2 aliphatic heterocycles. The van der Waals surface area contributed by atoms with Crippen molar-refractivity contribution in [1.82, 2.24) is 0 Å². The zero-order chi connectivity index (χ0) is 28.0. The summed E-state index contributed by atoms with van der Waals surface area (Å²) in [6.45, 7) is -0.829. The summed E-state index contributed by atoms with van der Waals surface area (Å²) in [7, 11) is 0. The third-order valence-corrected chi connectivity index (χ3v) is 6.50. The number of aromatic hydroxyl groups is 3. The summed E-state index contributed by atoms with van der Waals surface area (Å²) in [6, 6.07) is 7.96. The van der Waals surface area contributed by atoms with Crippen molar-refractivity contribution in [2.45, 2.75) is 49.2 Å². The number of ether oxygens (including phenoxy) is 4. The molecule has 8 unspecified atom stereocenters. The maximum absolute atomic E-state index is 12.7. The molecule has 2 saturated heterocycles. The fourth-order valence-electron chi connectivity index (χ4n) is 4.32. The molecule has 5 rings (SSSR count). The van der Waals surface area contributed by atoms with Gasteiger partial charge >= 0.3 is 0 Å². The van der Waals surface area contributed by atoms with Gasteiger partial charge in [-0.2, -0.15) is 0 Å². The van der Waals surface area contributed by atoms with E-state index in [1.165, 1.54) is 24.3 Å². The van der Waals surface area contributed by atoms with Crippen molar-refractivity contribution >= 4 is 11.0 Å². The van der Waals surface area contributed by atoms with Crippen molar-refractivity contribution in [2.24, 2.45) is 0 Å². The average molecular weight is 550 g/mol. The Morgan fingerprint density at radius 1 is 0.769 bits per heavy atom. The Balaban J connectivity index is 1.47. The molecule has 0 radical (unpaired) electrons. The molecule has 8 atom stereocenters. The van der Waals surface area contributed by atoms with E-state index in [1.807, 2.05) is 0 Å². The van der Waals surface area contributed by atoms with Gasteiger partial charge in [0, 0.05) is 17.7 Å². The van der Waals surface area contributed by atoms with Gasteiger partial charge in [0.25, 0.3) is 0 Å². The van der Waals surface area contributed by atoms with Crippen molar-refractivity contribution in [3.8, 4) is 34.3 Å². The van der Waals surface area contributed by atoms with E-state index in [4.69, 9.17) is 23.4 Å². The average Bonchev–Trinajstić information content (AvgIpc) is 2.91. The lowest BCUT2D eigenvalue weighted by molar-refractivity contribution is -0.332. The van der Waals surface area contributed by atoms with Gasteiger partial charge in [-0.25, -0.2) is 0 Å². The second kappa shape index (κ2) is 10.6. The highest BCUT2D eigenvalue weighted by molar-refractivity contribution is 5.89. The van der Waals surface area contributed by atoms with Crippen molar-refractivity contribution in [2.75, 3.05) is 13.2 Å². The third kappa shape index (κ3) is 5.11. The van der Waals surface area contributed by atoms with Crippen LogP contribution in [0, 0.1) is 0 Å². The molecule has 3 aromatic rings. The Morgan fingerprint density at radius 2 is 1.41 bits per heavy atom. The van der Waals surface area contributed by atoms with Gasteiger partial charge < -0.3 is 64.2 Å². The number of phenols is 3. The highest BCUT2D eigenvalue weighted by Gasteiger charge is 2.47. The fraction of sp³-hybridized carbons (Fsp3) is 0.400. The number of hydrogen-bond acceptors (Lipinski definition) is 14. The van der Waals surface area contributed by atoms with Crippen molar-refractivity contribution in [1.29, 1.82) is 0 Å². The number of rotatable bonds is 5. The number of fused-ring (bicyclic) bond motifs is 1. The second-order valence-corrected chi connectivity index (χ2v) is 9.20. The predicted octanol–water partition coefficient (Wildman–Crippen LogP) is -1.14.